The standard InChI is InChI=1S/C20H18N8O9S2.C7H8O3S/c1-36-26-10(9-7-39-19(21)22-9)13(30)23-11-15(32)28-12(18(34)35)8(6-37-17(11)28)2-5-38-20-25-24-14(31)16(33)27(20)3-4-29;1-6-2-4-7(5-3-6)11(8,9)10/h2,4-5,7,11,17H,3,6H2,1H3,(H2,21,22)(H,23,30)(H,24,31)(H,34,35);2-5H,1H3,(H,8,9,10). The van der Waals surface area contributed by atoms with Crippen LogP contribution >= 0.6 is 23.1 Å². The maximum Gasteiger partial charge on any atom is 0.353 e. The van der Waals surface area contributed by atoms with Gasteiger partial charge in [0, 0.05) is 11.0 Å². The summed E-state index contributed by atoms with van der Waals surface area (Å²) in [7, 11) is -2.80. The van der Waals surface area contributed by atoms with E-state index in [4.69, 9.17) is 19.9 Å². The number of aryl methyl sites for hydroxylation is 1. The monoisotopic (exact) mass is 750 g/mol. The first-order valence-corrected chi connectivity index (χ1v) is 16.9. The summed E-state index contributed by atoms with van der Waals surface area (Å²) < 4.78 is 36.0. The average Bonchev–Trinajstić information content (AvgIpc) is 3.50. The zero-order valence-electron chi connectivity index (χ0n) is 25.7. The first-order valence-electron chi connectivity index (χ1n) is 13.7. The van der Waals surface area contributed by atoms with Crippen molar-refractivity contribution in [3.63, 3.8) is 0 Å². The van der Waals surface area contributed by atoms with E-state index in [1.54, 1.807) is 12.1 Å². The number of fused-ring (bicyclic) bond motifs is 1. The summed E-state index contributed by atoms with van der Waals surface area (Å²) in [6, 6.07) is 4.77. The number of benzene rings is 1. The van der Waals surface area contributed by atoms with Gasteiger partial charge in [0.1, 0.15) is 24.8 Å². The minimum atomic E-state index is -4.02. The Bertz CT molecular complexity index is 2140. The number of amides is 2. The molecule has 3 aromatic rings. The highest BCUT2D eigenvalue weighted by molar-refractivity contribution is 8.02. The molecule has 1 saturated heterocycles. The fourth-order valence-electron chi connectivity index (χ4n) is 4.30. The van der Waals surface area contributed by atoms with Crippen molar-refractivity contribution in [2.75, 3.05) is 19.5 Å². The fourth-order valence-corrected chi connectivity index (χ4v) is 6.07. The van der Waals surface area contributed by atoms with Gasteiger partial charge in [-0.3, -0.25) is 33.2 Å². The van der Waals surface area contributed by atoms with Gasteiger partial charge >= 0.3 is 17.1 Å². The lowest BCUT2D eigenvalue weighted by Gasteiger charge is -2.49. The molecule has 50 heavy (non-hydrogen) atoms. The number of nitrogens with one attached hydrogen (secondary N) is 2. The van der Waals surface area contributed by atoms with Crippen LogP contribution in [0.1, 0.15) is 11.3 Å². The number of carbonyl (C=O) groups is 4. The summed E-state index contributed by atoms with van der Waals surface area (Å²) in [5.74, 6) is -2.99. The number of ether oxygens (including phenoxy) is 1. The largest absolute Gasteiger partial charge is 0.477 e. The Labute approximate surface area is 289 Å². The van der Waals surface area contributed by atoms with Gasteiger partial charge in [-0.15, -0.1) is 16.4 Å². The molecular formula is C27H26N8O12S3. The first-order chi connectivity index (χ1) is 23.7. The Kier molecular flexibility index (Phi) is 11.8. The van der Waals surface area contributed by atoms with E-state index in [0.717, 1.165) is 38.1 Å². The molecule has 0 radical (unpaired) electrons. The summed E-state index contributed by atoms with van der Waals surface area (Å²) in [6.07, 6.45) is 0.625. The fraction of sp³-hybridized carbons (Fsp3) is 0.222. The molecule has 5 rings (SSSR count). The molecule has 0 bridgehead atoms. The van der Waals surface area contributed by atoms with Crippen LogP contribution < -0.4 is 22.2 Å². The quantitative estimate of drug-likeness (QED) is 0.0301. The van der Waals surface area contributed by atoms with Crippen molar-refractivity contribution in [2.45, 2.75) is 35.8 Å². The third-order valence-corrected chi connectivity index (χ3v) is 8.93. The minimum Gasteiger partial charge on any atom is -0.477 e. The second-order valence-corrected chi connectivity index (χ2v) is 13.0. The van der Waals surface area contributed by atoms with Gasteiger partial charge in [0.05, 0.1) is 18.0 Å². The summed E-state index contributed by atoms with van der Waals surface area (Å²) in [5.41, 5.74) is 4.15. The molecule has 20 nitrogen and oxygen atoms in total. The van der Waals surface area contributed by atoms with Gasteiger partial charge < -0.3 is 30.5 Å². The molecular weight excluding hydrogens is 725 g/mol. The number of hydrogen-bond acceptors (Lipinski definition) is 16. The van der Waals surface area contributed by atoms with Crippen LogP contribution in [0, 0.1) is 6.92 Å². The third-order valence-electron chi connectivity index (χ3n) is 6.59. The molecule has 6 N–H and O–H groups in total. The van der Waals surface area contributed by atoms with E-state index in [2.05, 4.69) is 20.6 Å². The molecule has 2 atom stereocenters. The number of H-pyrrole nitrogens is 1. The van der Waals surface area contributed by atoms with Crippen molar-refractivity contribution < 1.29 is 46.8 Å². The van der Waals surface area contributed by atoms with Crippen molar-refractivity contribution in [1.82, 2.24) is 30.0 Å². The number of β-lactam (4-membered cyclic amide) rings is 1. The zero-order valence-corrected chi connectivity index (χ0v) is 28.2. The van der Waals surface area contributed by atoms with E-state index in [0.29, 0.717) is 6.29 Å². The number of oxime groups is 1. The molecule has 2 aliphatic rings. The molecule has 2 amide bonds. The number of nitrogen functional groups attached to an aromatic ring is 1. The van der Waals surface area contributed by atoms with Crippen LogP contribution in [0.15, 0.2) is 77.2 Å². The highest BCUT2D eigenvalue weighted by atomic mass is 32.2. The number of aldehydes is 1. The van der Waals surface area contributed by atoms with E-state index < -0.39 is 57.8 Å². The highest BCUT2D eigenvalue weighted by Gasteiger charge is 2.55. The molecule has 0 spiro atoms. The molecule has 1 aromatic carbocycles. The lowest BCUT2D eigenvalue weighted by molar-refractivity contribution is -0.184. The Morgan fingerprint density at radius 2 is 1.98 bits per heavy atom. The van der Waals surface area contributed by atoms with Crippen molar-refractivity contribution >= 4 is 68.1 Å². The molecule has 1 fully saturated rings. The highest BCUT2D eigenvalue weighted by Crippen LogP contribution is 2.34. The van der Waals surface area contributed by atoms with Crippen LogP contribution in [0.3, 0.4) is 0 Å². The molecule has 2 aromatic heterocycles. The van der Waals surface area contributed by atoms with Crippen LogP contribution in [0.4, 0.5) is 5.13 Å². The topological polar surface area (TPSA) is 296 Å². The van der Waals surface area contributed by atoms with E-state index in [-0.39, 0.29) is 44.5 Å². The number of aromatic nitrogens is 4. The van der Waals surface area contributed by atoms with E-state index >= 15 is 0 Å². The first kappa shape index (κ1) is 37.3. The normalized spacial score (nSPS) is 17.4. The van der Waals surface area contributed by atoms with Gasteiger partial charge in [0.15, 0.2) is 28.3 Å². The van der Waals surface area contributed by atoms with Crippen molar-refractivity contribution in [3.05, 3.63) is 84.4 Å². The molecule has 2 unspecified atom stereocenters. The van der Waals surface area contributed by atoms with Gasteiger partial charge in [-0.1, -0.05) is 34.6 Å². The smallest absolute Gasteiger partial charge is 0.353 e. The van der Waals surface area contributed by atoms with E-state index in [1.165, 1.54) is 36.1 Å². The lowest BCUT2D eigenvalue weighted by atomic mass is 9.98. The predicted molar refractivity (Wildman–Crippen MR) is 174 cm³/mol. The van der Waals surface area contributed by atoms with Crippen molar-refractivity contribution in [3.8, 4) is 0 Å². The predicted octanol–water partition coefficient (Wildman–Crippen LogP) is -0.911. The van der Waals surface area contributed by atoms with Crippen molar-refractivity contribution in [2.24, 2.45) is 5.16 Å². The third kappa shape index (κ3) is 8.38. The van der Waals surface area contributed by atoms with Crippen LogP contribution in [0.5, 0.6) is 0 Å². The second kappa shape index (κ2) is 15.8. The molecule has 0 saturated carbocycles. The average molecular weight is 751 g/mol. The number of nitrogens with zero attached hydrogens (tertiary/aromatic N) is 5. The number of thiazole rings is 1. The Morgan fingerprint density at radius 3 is 2.56 bits per heavy atom. The number of rotatable bonds is 11. The number of carboxylic acid groups (broad SMARTS) is 1. The van der Waals surface area contributed by atoms with Gasteiger partial charge in [0.2, 0.25) is 0 Å². The summed E-state index contributed by atoms with van der Waals surface area (Å²) >= 11 is 1.88. The van der Waals surface area contributed by atoms with Gasteiger partial charge in [-0.05, 0) is 30.5 Å². The van der Waals surface area contributed by atoms with Crippen LogP contribution in [-0.2, 0) is 45.4 Å². The number of anilines is 1. The number of carbonyl (C=O) groups excluding carboxylic acids is 3. The zero-order chi connectivity index (χ0) is 36.7. The molecule has 2 aliphatic heterocycles. The van der Waals surface area contributed by atoms with Crippen LogP contribution in [0.2, 0.25) is 0 Å². The van der Waals surface area contributed by atoms with Crippen LogP contribution in [0.25, 0.3) is 0 Å². The van der Waals surface area contributed by atoms with Crippen molar-refractivity contribution in [1.29, 1.82) is 0 Å². The SMILES string of the molecule is CON=C(C(=O)NC1C(=O)N2C(C(=O)O)=C(C=CSc3n[nH]c(=O)c(=O)n3CC=O)COC12)c1csc(N)n1.Cc1ccc(S(=O)(=O)O)cc1. The van der Waals surface area contributed by atoms with Crippen LogP contribution in [-0.4, -0.2) is 98.5 Å². The molecule has 264 valence electrons. The summed E-state index contributed by atoms with van der Waals surface area (Å²) in [5, 5.41) is 24.6. The Morgan fingerprint density at radius 1 is 1.28 bits per heavy atom. The molecule has 23 heteroatoms. The number of aromatic amines is 1. The minimum absolute atomic E-state index is 0.0340. The molecule has 0 aliphatic carbocycles. The van der Waals surface area contributed by atoms with E-state index in [1.807, 2.05) is 12.0 Å². The lowest BCUT2D eigenvalue weighted by Crippen LogP contribution is -2.73. The number of thioether (sulfide) groups is 1. The number of carboxylic acids is 1. The summed E-state index contributed by atoms with van der Waals surface area (Å²) in [4.78, 5) is 81.5. The summed E-state index contributed by atoms with van der Waals surface area (Å²) in [6.45, 7) is 1.18. The number of aliphatic carboxylic acids is 1. The van der Waals surface area contributed by atoms with Gasteiger partial charge in [-0.2, -0.15) is 8.42 Å². The Hall–Kier alpha value is -5.49. The maximum atomic E-state index is 12.9. The van der Waals surface area contributed by atoms with Gasteiger partial charge in [0.25, 0.3) is 21.9 Å². The maximum absolute atomic E-state index is 12.9. The van der Waals surface area contributed by atoms with E-state index in [9.17, 15) is 42.3 Å². The molecule has 4 heterocycles. The number of nitrogens with two attached hydrogens (primary N) is 1. The van der Waals surface area contributed by atoms with Gasteiger partial charge in [-0.25, -0.2) is 14.9 Å². The second-order valence-electron chi connectivity index (χ2n) is 9.86. The number of hydrogen-bond donors (Lipinski definition) is 5. The Balaban J connectivity index is 0.000000435.